The zero-order chi connectivity index (χ0) is 24.4. The number of benzene rings is 3. The summed E-state index contributed by atoms with van der Waals surface area (Å²) in [6.45, 7) is 1.82. The minimum absolute atomic E-state index is 0.230. The topological polar surface area (TPSA) is 78.9 Å². The Labute approximate surface area is 195 Å². The van der Waals surface area contributed by atoms with Crippen molar-refractivity contribution in [3.8, 4) is 5.75 Å². The monoisotopic (exact) mass is 466 g/mol. The standard InChI is InChI=1S/C26H24F2N2O4/c1-15-7-8-17(11-21(15)29-13-19-20(27)9-10-23(31)24(19)28)25(32)30-14-18-6-4-3-5-16(18)12-22(30)26(33)34-2/h3-11,22,29,31H,12-14H2,1-2H3/t22-/m0/s1. The number of ether oxygens (including phenoxy) is 1. The first-order valence-electron chi connectivity index (χ1n) is 10.8. The molecule has 0 saturated carbocycles. The van der Waals surface area contributed by atoms with Crippen LogP contribution in [0.2, 0.25) is 0 Å². The van der Waals surface area contributed by atoms with E-state index in [1.165, 1.54) is 12.0 Å². The summed E-state index contributed by atoms with van der Waals surface area (Å²) in [6, 6.07) is 13.8. The second-order valence-corrected chi connectivity index (χ2v) is 8.19. The Morgan fingerprint density at radius 2 is 1.85 bits per heavy atom. The number of esters is 1. The van der Waals surface area contributed by atoms with Crippen molar-refractivity contribution < 1.29 is 28.2 Å². The number of rotatable bonds is 5. The number of carbonyl (C=O) groups excluding carboxylic acids is 2. The fraction of sp³-hybridized carbons (Fsp3) is 0.231. The number of aryl methyl sites for hydroxylation is 1. The van der Waals surface area contributed by atoms with Gasteiger partial charge in [0.1, 0.15) is 11.9 Å². The van der Waals surface area contributed by atoms with Gasteiger partial charge in [-0.3, -0.25) is 4.79 Å². The summed E-state index contributed by atoms with van der Waals surface area (Å²) in [4.78, 5) is 27.4. The average Bonchev–Trinajstić information content (AvgIpc) is 2.85. The Morgan fingerprint density at radius 1 is 1.12 bits per heavy atom. The maximum Gasteiger partial charge on any atom is 0.328 e. The van der Waals surface area contributed by atoms with Gasteiger partial charge in [0.25, 0.3) is 5.91 Å². The maximum atomic E-state index is 14.2. The van der Waals surface area contributed by atoms with Crippen LogP contribution in [-0.4, -0.2) is 35.0 Å². The highest BCUT2D eigenvalue weighted by Gasteiger charge is 2.35. The van der Waals surface area contributed by atoms with Gasteiger partial charge in [-0.1, -0.05) is 30.3 Å². The van der Waals surface area contributed by atoms with Crippen LogP contribution in [0, 0.1) is 18.6 Å². The zero-order valence-electron chi connectivity index (χ0n) is 18.8. The zero-order valence-corrected chi connectivity index (χ0v) is 18.8. The molecule has 2 N–H and O–H groups in total. The van der Waals surface area contributed by atoms with E-state index < -0.39 is 29.4 Å². The minimum atomic E-state index is -1.04. The van der Waals surface area contributed by atoms with Crippen LogP contribution >= 0.6 is 0 Å². The molecule has 0 bridgehead atoms. The van der Waals surface area contributed by atoms with Crippen molar-refractivity contribution in [3.63, 3.8) is 0 Å². The van der Waals surface area contributed by atoms with Crippen LogP contribution in [0.4, 0.5) is 14.5 Å². The molecule has 1 amide bonds. The number of hydrogen-bond acceptors (Lipinski definition) is 5. The quantitative estimate of drug-likeness (QED) is 0.548. The van der Waals surface area contributed by atoms with Crippen LogP contribution in [0.15, 0.2) is 54.6 Å². The summed E-state index contributed by atoms with van der Waals surface area (Å²) in [6.07, 6.45) is 0.349. The van der Waals surface area contributed by atoms with Crippen LogP contribution in [0.3, 0.4) is 0 Å². The number of nitrogens with zero attached hydrogens (tertiary/aromatic N) is 1. The molecule has 0 radical (unpaired) electrons. The van der Waals surface area contributed by atoms with Crippen LogP contribution < -0.4 is 5.32 Å². The van der Waals surface area contributed by atoms with Crippen molar-refractivity contribution in [2.45, 2.75) is 32.5 Å². The molecule has 34 heavy (non-hydrogen) atoms. The van der Waals surface area contributed by atoms with Crippen molar-refractivity contribution in [2.24, 2.45) is 0 Å². The summed E-state index contributed by atoms with van der Waals surface area (Å²) in [5.74, 6) is -3.32. The molecule has 176 valence electrons. The highest BCUT2D eigenvalue weighted by atomic mass is 19.1. The summed E-state index contributed by atoms with van der Waals surface area (Å²) >= 11 is 0. The molecule has 1 aliphatic rings. The summed E-state index contributed by atoms with van der Waals surface area (Å²) in [5, 5.41) is 12.5. The molecular weight excluding hydrogens is 442 g/mol. The molecule has 4 rings (SSSR count). The van der Waals surface area contributed by atoms with Crippen molar-refractivity contribution in [1.82, 2.24) is 4.90 Å². The van der Waals surface area contributed by atoms with Gasteiger partial charge in [-0.25, -0.2) is 13.6 Å². The van der Waals surface area contributed by atoms with Crippen molar-refractivity contribution >= 4 is 17.6 Å². The lowest BCUT2D eigenvalue weighted by atomic mass is 9.93. The smallest absolute Gasteiger partial charge is 0.328 e. The normalized spacial score (nSPS) is 14.9. The largest absolute Gasteiger partial charge is 0.505 e. The Bertz CT molecular complexity index is 1260. The molecular formula is C26H24F2N2O4. The van der Waals surface area contributed by atoms with Crippen LogP contribution in [0.5, 0.6) is 5.75 Å². The summed E-state index contributed by atoms with van der Waals surface area (Å²) in [7, 11) is 1.29. The van der Waals surface area contributed by atoms with Gasteiger partial charge in [0.05, 0.1) is 7.11 Å². The molecule has 6 nitrogen and oxygen atoms in total. The molecule has 0 unspecified atom stereocenters. The second kappa shape index (κ2) is 9.51. The van der Waals surface area contributed by atoms with E-state index in [0.29, 0.717) is 17.7 Å². The van der Waals surface area contributed by atoms with E-state index in [1.807, 2.05) is 24.3 Å². The predicted molar refractivity (Wildman–Crippen MR) is 122 cm³/mol. The highest BCUT2D eigenvalue weighted by Crippen LogP contribution is 2.28. The van der Waals surface area contributed by atoms with E-state index in [9.17, 15) is 23.5 Å². The minimum Gasteiger partial charge on any atom is -0.505 e. The second-order valence-electron chi connectivity index (χ2n) is 8.19. The third kappa shape index (κ3) is 4.44. The van der Waals surface area contributed by atoms with Gasteiger partial charge in [0.15, 0.2) is 11.6 Å². The molecule has 3 aromatic carbocycles. The van der Waals surface area contributed by atoms with Crippen molar-refractivity contribution in [1.29, 1.82) is 0 Å². The number of phenols is 1. The number of amides is 1. The Hall–Kier alpha value is -3.94. The van der Waals surface area contributed by atoms with Crippen LogP contribution in [0.25, 0.3) is 0 Å². The summed E-state index contributed by atoms with van der Waals surface area (Å²) in [5.41, 5.74) is 3.21. The number of halogens is 2. The molecule has 0 spiro atoms. The van der Waals surface area contributed by atoms with Crippen molar-refractivity contribution in [3.05, 3.63) is 94.0 Å². The first-order valence-corrected chi connectivity index (χ1v) is 10.8. The lowest BCUT2D eigenvalue weighted by Crippen LogP contribution is -2.49. The lowest BCUT2D eigenvalue weighted by molar-refractivity contribution is -0.146. The average molecular weight is 466 g/mol. The molecule has 0 aliphatic carbocycles. The molecule has 3 aromatic rings. The number of nitrogens with one attached hydrogen (secondary N) is 1. The number of fused-ring (bicyclic) bond motifs is 1. The molecule has 1 aliphatic heterocycles. The first kappa shape index (κ1) is 23.2. The molecule has 0 fully saturated rings. The van der Waals surface area contributed by atoms with Crippen molar-refractivity contribution in [2.75, 3.05) is 12.4 Å². The van der Waals surface area contributed by atoms with E-state index >= 15 is 0 Å². The Kier molecular flexibility index (Phi) is 6.49. The molecule has 0 saturated heterocycles. The third-order valence-electron chi connectivity index (χ3n) is 6.09. The van der Waals surface area contributed by atoms with Gasteiger partial charge in [0.2, 0.25) is 0 Å². The summed E-state index contributed by atoms with van der Waals surface area (Å²) < 4.78 is 33.2. The van der Waals surface area contributed by atoms with Crippen LogP contribution in [0.1, 0.15) is 32.6 Å². The Morgan fingerprint density at radius 3 is 2.59 bits per heavy atom. The Balaban J connectivity index is 1.61. The van der Waals surface area contributed by atoms with Gasteiger partial charge in [-0.2, -0.15) is 0 Å². The van der Waals surface area contributed by atoms with Gasteiger partial charge in [-0.05, 0) is 47.9 Å². The van der Waals surface area contributed by atoms with Gasteiger partial charge < -0.3 is 20.1 Å². The number of aromatic hydroxyl groups is 1. The van der Waals surface area contributed by atoms with E-state index in [0.717, 1.165) is 28.8 Å². The number of anilines is 1. The van der Waals surface area contributed by atoms with E-state index in [2.05, 4.69) is 5.32 Å². The third-order valence-corrected chi connectivity index (χ3v) is 6.09. The number of methoxy groups -OCH3 is 1. The SMILES string of the molecule is COC(=O)[C@@H]1Cc2ccccc2CN1C(=O)c1ccc(C)c(NCc2c(F)ccc(O)c2F)c1. The maximum absolute atomic E-state index is 14.2. The van der Waals surface area contributed by atoms with Crippen LogP contribution in [-0.2, 0) is 29.0 Å². The lowest BCUT2D eigenvalue weighted by Gasteiger charge is -2.35. The van der Waals surface area contributed by atoms with Gasteiger partial charge >= 0.3 is 5.97 Å². The van der Waals surface area contributed by atoms with E-state index in [1.54, 1.807) is 25.1 Å². The fourth-order valence-corrected chi connectivity index (χ4v) is 4.13. The molecule has 1 atom stereocenters. The highest BCUT2D eigenvalue weighted by molar-refractivity contribution is 5.98. The molecule has 1 heterocycles. The predicted octanol–water partition coefficient (Wildman–Crippen LogP) is 4.33. The van der Waals surface area contributed by atoms with Gasteiger partial charge in [0, 0.05) is 36.3 Å². The first-order chi connectivity index (χ1) is 16.3. The number of phenolic OH excluding ortho intramolecular Hbond substituents is 1. The number of carbonyl (C=O) groups is 2. The fourth-order valence-electron chi connectivity index (χ4n) is 4.13. The van der Waals surface area contributed by atoms with E-state index in [4.69, 9.17) is 4.74 Å². The number of hydrogen-bond donors (Lipinski definition) is 2. The van der Waals surface area contributed by atoms with E-state index in [-0.39, 0.29) is 24.6 Å². The molecule has 8 heteroatoms. The van der Waals surface area contributed by atoms with Gasteiger partial charge in [-0.15, -0.1) is 0 Å². The molecule has 0 aromatic heterocycles.